The van der Waals surface area contributed by atoms with Gasteiger partial charge in [-0.1, -0.05) is 26.0 Å². The molecule has 1 N–H and O–H groups in total. The van der Waals surface area contributed by atoms with Crippen LogP contribution in [0.15, 0.2) is 24.3 Å². The van der Waals surface area contributed by atoms with Crippen molar-refractivity contribution >= 4 is 5.97 Å². The van der Waals surface area contributed by atoms with Gasteiger partial charge in [0, 0.05) is 23.8 Å². The zero-order valence-corrected chi connectivity index (χ0v) is 17.8. The molecule has 6 heteroatoms. The average molecular weight is 395 g/mol. The highest BCUT2D eigenvalue weighted by atomic mass is 16.7. The summed E-state index contributed by atoms with van der Waals surface area (Å²) >= 11 is 0. The van der Waals surface area contributed by atoms with Crippen LogP contribution in [0.4, 0.5) is 0 Å². The van der Waals surface area contributed by atoms with E-state index in [9.17, 15) is 9.90 Å². The first-order chi connectivity index (χ1) is 13.1. The van der Waals surface area contributed by atoms with E-state index in [-0.39, 0.29) is 30.5 Å². The van der Waals surface area contributed by atoms with Crippen LogP contribution in [0.2, 0.25) is 0 Å². The van der Waals surface area contributed by atoms with Gasteiger partial charge in [-0.3, -0.25) is 4.79 Å². The molecule has 0 bridgehead atoms. The number of methoxy groups -OCH3 is 1. The van der Waals surface area contributed by atoms with Crippen molar-refractivity contribution in [3.63, 3.8) is 0 Å². The molecule has 1 fully saturated rings. The Morgan fingerprint density at radius 3 is 2.50 bits per heavy atom. The van der Waals surface area contributed by atoms with Gasteiger partial charge in [0.2, 0.25) is 0 Å². The second kappa shape index (κ2) is 9.72. The Morgan fingerprint density at radius 1 is 1.29 bits per heavy atom. The van der Waals surface area contributed by atoms with E-state index in [0.717, 1.165) is 11.3 Å². The number of hydrogen-bond acceptors (Lipinski definition) is 6. The normalized spacial score (nSPS) is 25.0. The largest absolute Gasteiger partial charge is 0.497 e. The first kappa shape index (κ1) is 22.7. The number of carbonyl (C=O) groups is 1. The number of aliphatic hydroxyl groups is 1. The van der Waals surface area contributed by atoms with Gasteiger partial charge in [0.1, 0.15) is 5.75 Å². The molecule has 1 aromatic carbocycles. The lowest BCUT2D eigenvalue weighted by atomic mass is 9.87. The molecule has 1 heterocycles. The fourth-order valence-electron chi connectivity index (χ4n) is 3.20. The first-order valence-corrected chi connectivity index (χ1v) is 9.89. The molecular weight excluding hydrogens is 360 g/mol. The lowest BCUT2D eigenvalue weighted by Gasteiger charge is -2.39. The molecule has 0 amide bonds. The van der Waals surface area contributed by atoms with Crippen LogP contribution in [0.5, 0.6) is 5.75 Å². The summed E-state index contributed by atoms with van der Waals surface area (Å²) in [4.78, 5) is 11.9. The summed E-state index contributed by atoms with van der Waals surface area (Å²) in [5.41, 5.74) is 0.374. The number of carbonyl (C=O) groups excluding carboxylic acids is 1. The van der Waals surface area contributed by atoms with Gasteiger partial charge < -0.3 is 24.1 Å². The Balaban J connectivity index is 1.92. The van der Waals surface area contributed by atoms with Gasteiger partial charge in [0.15, 0.2) is 6.29 Å². The monoisotopic (exact) mass is 394 g/mol. The molecule has 0 saturated carbocycles. The summed E-state index contributed by atoms with van der Waals surface area (Å²) in [6, 6.07) is 7.58. The maximum atomic E-state index is 11.9. The van der Waals surface area contributed by atoms with Gasteiger partial charge in [0.25, 0.3) is 0 Å². The van der Waals surface area contributed by atoms with Gasteiger partial charge >= 0.3 is 5.97 Å². The summed E-state index contributed by atoms with van der Waals surface area (Å²) < 4.78 is 22.5. The molecule has 2 rings (SSSR count). The second-order valence-electron chi connectivity index (χ2n) is 8.62. The van der Waals surface area contributed by atoms with Gasteiger partial charge in [0.05, 0.1) is 37.9 Å². The molecule has 1 aromatic rings. The van der Waals surface area contributed by atoms with E-state index in [1.807, 2.05) is 52.0 Å². The highest BCUT2D eigenvalue weighted by Gasteiger charge is 2.36. The van der Waals surface area contributed by atoms with Crippen LogP contribution in [-0.4, -0.2) is 43.6 Å². The lowest BCUT2D eigenvalue weighted by Crippen LogP contribution is -2.43. The highest BCUT2D eigenvalue weighted by Crippen LogP contribution is 2.34. The van der Waals surface area contributed by atoms with Crippen molar-refractivity contribution < 1.29 is 28.8 Å². The van der Waals surface area contributed by atoms with E-state index >= 15 is 0 Å². The summed E-state index contributed by atoms with van der Waals surface area (Å²) in [5.74, 6) is 0.546. The van der Waals surface area contributed by atoms with E-state index in [1.165, 1.54) is 0 Å². The second-order valence-corrected chi connectivity index (χ2v) is 8.62. The summed E-state index contributed by atoms with van der Waals surface area (Å²) in [5, 5.41) is 10.6. The molecule has 28 heavy (non-hydrogen) atoms. The Bertz CT molecular complexity index is 621. The van der Waals surface area contributed by atoms with Crippen molar-refractivity contribution in [3.8, 4) is 5.75 Å². The third-order valence-corrected chi connectivity index (χ3v) is 5.12. The Hall–Kier alpha value is -1.63. The maximum absolute atomic E-state index is 11.9. The van der Waals surface area contributed by atoms with Crippen molar-refractivity contribution in [2.45, 2.75) is 59.5 Å². The number of aliphatic hydroxyl groups excluding tert-OH is 1. The minimum atomic E-state index is -0.630. The third kappa shape index (κ3) is 5.93. The SMILES string of the molecule is COc1ccc([C@@H]2OC[C@H](C)[C@H]([C@H](C)[C@@H](O)CCOC(=O)C(C)(C)C)O2)cc1. The first-order valence-electron chi connectivity index (χ1n) is 9.89. The van der Waals surface area contributed by atoms with Gasteiger partial charge in [-0.15, -0.1) is 0 Å². The van der Waals surface area contributed by atoms with Crippen molar-refractivity contribution in [3.05, 3.63) is 29.8 Å². The molecule has 1 aliphatic rings. The molecule has 1 saturated heterocycles. The van der Waals surface area contributed by atoms with E-state index in [0.29, 0.717) is 13.0 Å². The highest BCUT2D eigenvalue weighted by molar-refractivity contribution is 5.75. The van der Waals surface area contributed by atoms with Crippen molar-refractivity contribution in [1.82, 2.24) is 0 Å². The number of rotatable bonds is 7. The van der Waals surface area contributed by atoms with Crippen molar-refractivity contribution in [1.29, 1.82) is 0 Å². The van der Waals surface area contributed by atoms with Crippen molar-refractivity contribution in [2.75, 3.05) is 20.3 Å². The number of esters is 1. The Labute approximate surface area is 168 Å². The van der Waals surface area contributed by atoms with E-state index in [1.54, 1.807) is 7.11 Å². The maximum Gasteiger partial charge on any atom is 0.311 e. The smallest absolute Gasteiger partial charge is 0.311 e. The number of benzene rings is 1. The topological polar surface area (TPSA) is 74.2 Å². The van der Waals surface area contributed by atoms with Crippen LogP contribution in [0.3, 0.4) is 0 Å². The molecule has 0 aromatic heterocycles. The van der Waals surface area contributed by atoms with Gasteiger partial charge in [-0.25, -0.2) is 0 Å². The summed E-state index contributed by atoms with van der Waals surface area (Å²) in [7, 11) is 1.63. The molecule has 1 aliphatic heterocycles. The molecule has 0 spiro atoms. The number of ether oxygens (including phenoxy) is 4. The quantitative estimate of drug-likeness (QED) is 0.711. The summed E-state index contributed by atoms with van der Waals surface area (Å²) in [6.07, 6.45) is -0.881. The van der Waals surface area contributed by atoms with Crippen LogP contribution < -0.4 is 4.74 Å². The van der Waals surface area contributed by atoms with Crippen molar-refractivity contribution in [2.24, 2.45) is 17.3 Å². The van der Waals surface area contributed by atoms with Gasteiger partial charge in [-0.2, -0.15) is 0 Å². The van der Waals surface area contributed by atoms with Crippen LogP contribution in [0, 0.1) is 17.3 Å². The van der Waals surface area contributed by atoms with Crippen LogP contribution in [0.25, 0.3) is 0 Å². The molecule has 158 valence electrons. The zero-order valence-electron chi connectivity index (χ0n) is 17.8. The average Bonchev–Trinajstić information content (AvgIpc) is 2.67. The van der Waals surface area contributed by atoms with E-state index < -0.39 is 17.8 Å². The summed E-state index contributed by atoms with van der Waals surface area (Å²) in [6.45, 7) is 10.2. The standard InChI is InChI=1S/C22H34O6/c1-14-13-27-20(16-7-9-17(25-6)10-8-16)28-19(14)15(2)18(23)11-12-26-21(24)22(3,4)5/h7-10,14-15,18-20,23H,11-13H2,1-6H3/t14-,15+,18-,19+,20+/m0/s1. The van der Waals surface area contributed by atoms with Crippen LogP contribution in [-0.2, 0) is 19.0 Å². The molecule has 6 nitrogen and oxygen atoms in total. The minimum absolute atomic E-state index is 0.118. The van der Waals surface area contributed by atoms with Crippen LogP contribution in [0.1, 0.15) is 52.9 Å². The Morgan fingerprint density at radius 2 is 1.93 bits per heavy atom. The zero-order chi connectivity index (χ0) is 20.9. The molecule has 0 unspecified atom stereocenters. The number of hydrogen-bond donors (Lipinski definition) is 1. The fourth-order valence-corrected chi connectivity index (χ4v) is 3.20. The third-order valence-electron chi connectivity index (χ3n) is 5.12. The predicted octanol–water partition coefficient (Wildman–Crippen LogP) is 3.72. The van der Waals surface area contributed by atoms with Crippen LogP contribution >= 0.6 is 0 Å². The molecule has 0 radical (unpaired) electrons. The van der Waals surface area contributed by atoms with E-state index in [2.05, 4.69) is 6.92 Å². The fraction of sp³-hybridized carbons (Fsp3) is 0.682. The molecule has 0 aliphatic carbocycles. The predicted molar refractivity (Wildman–Crippen MR) is 106 cm³/mol. The van der Waals surface area contributed by atoms with E-state index in [4.69, 9.17) is 18.9 Å². The van der Waals surface area contributed by atoms with Gasteiger partial charge in [-0.05, 0) is 32.9 Å². The molecular formula is C22H34O6. The minimum Gasteiger partial charge on any atom is -0.497 e. The Kier molecular flexibility index (Phi) is 7.87. The lowest BCUT2D eigenvalue weighted by molar-refractivity contribution is -0.256. The molecule has 5 atom stereocenters.